The molecule has 0 aliphatic heterocycles. The van der Waals surface area contributed by atoms with Crippen molar-refractivity contribution in [2.45, 2.75) is 13.8 Å². The van der Waals surface area contributed by atoms with E-state index in [1.54, 1.807) is 12.1 Å². The third kappa shape index (κ3) is 4.74. The zero-order valence-electron chi connectivity index (χ0n) is 12.8. The number of aromatic carboxylic acids is 1. The molecule has 0 fully saturated rings. The van der Waals surface area contributed by atoms with E-state index in [-0.39, 0.29) is 5.56 Å². The summed E-state index contributed by atoms with van der Waals surface area (Å²) in [7, 11) is 4.06. The van der Waals surface area contributed by atoms with E-state index in [0.717, 1.165) is 25.3 Å². The number of carboxylic acids is 1. The Morgan fingerprint density at radius 1 is 1.30 bits per heavy atom. The first kappa shape index (κ1) is 16.3. The molecule has 1 aromatic carbocycles. The fourth-order valence-corrected chi connectivity index (χ4v) is 2.05. The summed E-state index contributed by atoms with van der Waals surface area (Å²) in [4.78, 5) is 15.3. The van der Waals surface area contributed by atoms with Crippen molar-refractivity contribution in [2.75, 3.05) is 44.4 Å². The topological polar surface area (TPSA) is 69.8 Å². The molecule has 112 valence electrons. The second-order valence-corrected chi connectivity index (χ2v) is 5.72. The Bertz CT molecular complexity index is 458. The molecule has 0 aromatic heterocycles. The van der Waals surface area contributed by atoms with Crippen LogP contribution in [0.5, 0.6) is 0 Å². The predicted molar refractivity (Wildman–Crippen MR) is 83.4 cm³/mol. The average molecular weight is 279 g/mol. The van der Waals surface area contributed by atoms with E-state index in [0.29, 0.717) is 11.6 Å². The van der Waals surface area contributed by atoms with Gasteiger partial charge in [-0.2, -0.15) is 0 Å². The summed E-state index contributed by atoms with van der Waals surface area (Å²) in [6.07, 6.45) is 0. The Kier molecular flexibility index (Phi) is 5.82. The lowest BCUT2D eigenvalue weighted by atomic mass is 10.1. The monoisotopic (exact) mass is 279 g/mol. The molecule has 0 spiro atoms. The Morgan fingerprint density at radius 2 is 1.95 bits per heavy atom. The second-order valence-electron chi connectivity index (χ2n) is 5.72. The SMILES string of the molecule is CC(C)CN(CCN(C)C)c1ccc(C(=O)O)cc1N. The van der Waals surface area contributed by atoms with Gasteiger partial charge in [0.2, 0.25) is 0 Å². The lowest BCUT2D eigenvalue weighted by molar-refractivity contribution is 0.0697. The van der Waals surface area contributed by atoms with Gasteiger partial charge in [-0.05, 0) is 38.2 Å². The maximum Gasteiger partial charge on any atom is 0.335 e. The third-order valence-electron chi connectivity index (χ3n) is 3.02. The van der Waals surface area contributed by atoms with Crippen molar-refractivity contribution in [1.29, 1.82) is 0 Å². The number of carbonyl (C=O) groups is 1. The highest BCUT2D eigenvalue weighted by Gasteiger charge is 2.14. The maximum atomic E-state index is 11.0. The summed E-state index contributed by atoms with van der Waals surface area (Å²) >= 11 is 0. The molecule has 0 aliphatic carbocycles. The molecule has 0 saturated carbocycles. The number of nitrogens with zero attached hydrogens (tertiary/aromatic N) is 2. The van der Waals surface area contributed by atoms with E-state index < -0.39 is 5.97 Å². The van der Waals surface area contributed by atoms with Gasteiger partial charge in [0.15, 0.2) is 0 Å². The molecule has 5 nitrogen and oxygen atoms in total. The highest BCUT2D eigenvalue weighted by atomic mass is 16.4. The smallest absolute Gasteiger partial charge is 0.335 e. The summed E-state index contributed by atoms with van der Waals surface area (Å²) in [5.41, 5.74) is 7.67. The van der Waals surface area contributed by atoms with Crippen LogP contribution in [0.4, 0.5) is 11.4 Å². The highest BCUT2D eigenvalue weighted by molar-refractivity contribution is 5.90. The number of likely N-dealkylation sites (N-methyl/N-ethyl adjacent to an activating group) is 1. The van der Waals surface area contributed by atoms with Crippen LogP contribution in [-0.4, -0.2) is 49.7 Å². The Morgan fingerprint density at radius 3 is 2.40 bits per heavy atom. The number of benzene rings is 1. The third-order valence-corrected chi connectivity index (χ3v) is 3.02. The minimum Gasteiger partial charge on any atom is -0.478 e. The molecule has 0 heterocycles. The largest absolute Gasteiger partial charge is 0.478 e. The molecular weight excluding hydrogens is 254 g/mol. The van der Waals surface area contributed by atoms with Crippen molar-refractivity contribution < 1.29 is 9.90 Å². The van der Waals surface area contributed by atoms with Gasteiger partial charge in [0.05, 0.1) is 16.9 Å². The summed E-state index contributed by atoms with van der Waals surface area (Å²) in [5.74, 6) is -0.442. The van der Waals surface area contributed by atoms with E-state index >= 15 is 0 Å². The highest BCUT2D eigenvalue weighted by Crippen LogP contribution is 2.25. The standard InChI is InChI=1S/C15H25N3O2/c1-11(2)10-18(8-7-17(3)4)14-6-5-12(15(19)20)9-13(14)16/h5-6,9,11H,7-8,10,16H2,1-4H3,(H,19,20). The summed E-state index contributed by atoms with van der Waals surface area (Å²) < 4.78 is 0. The van der Waals surface area contributed by atoms with Crippen LogP contribution in [-0.2, 0) is 0 Å². The van der Waals surface area contributed by atoms with E-state index in [1.807, 2.05) is 14.1 Å². The summed E-state index contributed by atoms with van der Waals surface area (Å²) in [6, 6.07) is 4.94. The molecule has 0 amide bonds. The van der Waals surface area contributed by atoms with Crippen LogP contribution in [0, 0.1) is 5.92 Å². The fourth-order valence-electron chi connectivity index (χ4n) is 2.05. The zero-order chi connectivity index (χ0) is 15.3. The van der Waals surface area contributed by atoms with E-state index in [2.05, 4.69) is 23.6 Å². The van der Waals surface area contributed by atoms with E-state index in [9.17, 15) is 4.79 Å². The number of carboxylic acid groups (broad SMARTS) is 1. The van der Waals surface area contributed by atoms with Crippen LogP contribution in [0.15, 0.2) is 18.2 Å². The van der Waals surface area contributed by atoms with Crippen LogP contribution >= 0.6 is 0 Å². The quantitative estimate of drug-likeness (QED) is 0.747. The molecule has 0 radical (unpaired) electrons. The molecule has 20 heavy (non-hydrogen) atoms. The van der Waals surface area contributed by atoms with Crippen molar-refractivity contribution >= 4 is 17.3 Å². The lowest BCUT2D eigenvalue weighted by Gasteiger charge is -2.29. The molecule has 0 aliphatic rings. The zero-order valence-corrected chi connectivity index (χ0v) is 12.8. The van der Waals surface area contributed by atoms with Crippen molar-refractivity contribution in [2.24, 2.45) is 5.92 Å². The van der Waals surface area contributed by atoms with Crippen molar-refractivity contribution in [3.05, 3.63) is 23.8 Å². The van der Waals surface area contributed by atoms with Gasteiger partial charge < -0.3 is 20.6 Å². The number of rotatable bonds is 7. The number of nitrogens with two attached hydrogens (primary N) is 1. The first-order chi connectivity index (χ1) is 9.31. The van der Waals surface area contributed by atoms with Gasteiger partial charge in [-0.1, -0.05) is 13.8 Å². The van der Waals surface area contributed by atoms with Gasteiger partial charge in [0.1, 0.15) is 0 Å². The molecule has 1 rings (SSSR count). The predicted octanol–water partition coefficient (Wildman–Crippen LogP) is 1.99. The van der Waals surface area contributed by atoms with E-state index in [4.69, 9.17) is 10.8 Å². The lowest BCUT2D eigenvalue weighted by Crippen LogP contribution is -2.34. The minimum atomic E-state index is -0.952. The van der Waals surface area contributed by atoms with Crippen LogP contribution in [0.2, 0.25) is 0 Å². The fraction of sp³-hybridized carbons (Fsp3) is 0.533. The molecule has 0 bridgehead atoms. The Labute approximate surface area is 121 Å². The maximum absolute atomic E-state index is 11.0. The summed E-state index contributed by atoms with van der Waals surface area (Å²) in [5, 5.41) is 8.98. The van der Waals surface area contributed by atoms with Crippen LogP contribution in [0.25, 0.3) is 0 Å². The summed E-state index contributed by atoms with van der Waals surface area (Å²) in [6.45, 7) is 6.99. The minimum absolute atomic E-state index is 0.225. The first-order valence-electron chi connectivity index (χ1n) is 6.83. The van der Waals surface area contributed by atoms with Gasteiger partial charge in [-0.25, -0.2) is 4.79 Å². The molecule has 0 unspecified atom stereocenters. The molecule has 1 aromatic rings. The Hall–Kier alpha value is -1.75. The van der Waals surface area contributed by atoms with Crippen molar-refractivity contribution in [3.63, 3.8) is 0 Å². The molecule has 3 N–H and O–H groups in total. The van der Waals surface area contributed by atoms with Crippen LogP contribution in [0.1, 0.15) is 24.2 Å². The van der Waals surface area contributed by atoms with E-state index in [1.165, 1.54) is 6.07 Å². The van der Waals surface area contributed by atoms with Gasteiger partial charge in [0.25, 0.3) is 0 Å². The van der Waals surface area contributed by atoms with Gasteiger partial charge in [0, 0.05) is 19.6 Å². The second kappa shape index (κ2) is 7.14. The molecular formula is C15H25N3O2. The number of nitrogen functional groups attached to an aromatic ring is 1. The van der Waals surface area contributed by atoms with Gasteiger partial charge in [-0.3, -0.25) is 0 Å². The van der Waals surface area contributed by atoms with Crippen LogP contribution in [0.3, 0.4) is 0 Å². The molecule has 0 saturated heterocycles. The normalized spacial score (nSPS) is 11.1. The number of hydrogen-bond donors (Lipinski definition) is 2. The van der Waals surface area contributed by atoms with Gasteiger partial charge in [-0.15, -0.1) is 0 Å². The van der Waals surface area contributed by atoms with Crippen molar-refractivity contribution in [3.8, 4) is 0 Å². The number of anilines is 2. The van der Waals surface area contributed by atoms with Crippen LogP contribution < -0.4 is 10.6 Å². The first-order valence-corrected chi connectivity index (χ1v) is 6.83. The number of hydrogen-bond acceptors (Lipinski definition) is 4. The average Bonchev–Trinajstić information content (AvgIpc) is 2.33. The van der Waals surface area contributed by atoms with Gasteiger partial charge >= 0.3 is 5.97 Å². The molecule has 5 heteroatoms. The Balaban J connectivity index is 2.97. The molecule has 0 atom stereocenters. The van der Waals surface area contributed by atoms with Crippen molar-refractivity contribution in [1.82, 2.24) is 4.90 Å².